The quantitative estimate of drug-likeness (QED) is 0.339. The van der Waals surface area contributed by atoms with E-state index in [1.807, 2.05) is 6.07 Å². The van der Waals surface area contributed by atoms with Crippen LogP contribution in [0.2, 0.25) is 0 Å². The molecule has 1 unspecified atom stereocenters. The molecule has 1 fully saturated rings. The van der Waals surface area contributed by atoms with Gasteiger partial charge in [-0.1, -0.05) is 61.0 Å². The molecule has 2 aliphatic rings. The van der Waals surface area contributed by atoms with Crippen LogP contribution in [0, 0.1) is 0 Å². The summed E-state index contributed by atoms with van der Waals surface area (Å²) < 4.78 is 6.07. The fraction of sp³-hybridized carbons (Fsp3) is 0.267. The van der Waals surface area contributed by atoms with Crippen LogP contribution in [0.3, 0.4) is 0 Å². The van der Waals surface area contributed by atoms with Gasteiger partial charge >= 0.3 is 0 Å². The second-order valence-electron chi connectivity index (χ2n) is 9.27. The summed E-state index contributed by atoms with van der Waals surface area (Å²) in [4.78, 5) is 2.50. The van der Waals surface area contributed by atoms with Crippen molar-refractivity contribution in [3.63, 3.8) is 0 Å². The predicted molar refractivity (Wildman–Crippen MR) is 134 cm³/mol. The lowest BCUT2D eigenvalue weighted by molar-refractivity contribution is 0.183. The van der Waals surface area contributed by atoms with E-state index in [-0.39, 0.29) is 5.92 Å². The lowest BCUT2D eigenvalue weighted by Gasteiger charge is -2.26. The molecule has 0 radical (unpaired) electrons. The highest BCUT2D eigenvalue weighted by Gasteiger charge is 2.31. The van der Waals surface area contributed by atoms with Crippen LogP contribution < -0.4 is 4.74 Å². The van der Waals surface area contributed by atoms with E-state index in [1.54, 1.807) is 6.07 Å². The third kappa shape index (κ3) is 3.77. The molecule has 4 aromatic rings. The molecule has 1 N–H and O–H groups in total. The van der Waals surface area contributed by atoms with Crippen molar-refractivity contribution in [2.45, 2.75) is 25.2 Å². The van der Waals surface area contributed by atoms with Gasteiger partial charge in [0.15, 0.2) is 0 Å². The van der Waals surface area contributed by atoms with Crippen molar-refractivity contribution in [2.75, 3.05) is 26.2 Å². The maximum Gasteiger partial charge on any atom is 0.119 e. The molecular weight excluding hydrogens is 406 g/mol. The maximum atomic E-state index is 10.3. The van der Waals surface area contributed by atoms with Gasteiger partial charge in [0.25, 0.3) is 0 Å². The molecule has 3 nitrogen and oxygen atoms in total. The number of nitrogens with zero attached hydrogens (tertiary/aromatic N) is 1. The van der Waals surface area contributed by atoms with Crippen molar-refractivity contribution in [1.29, 1.82) is 0 Å². The van der Waals surface area contributed by atoms with Crippen molar-refractivity contribution >= 4 is 10.8 Å². The minimum Gasteiger partial charge on any atom is -0.508 e. The van der Waals surface area contributed by atoms with Crippen molar-refractivity contribution in [3.05, 3.63) is 95.6 Å². The molecule has 4 aromatic carbocycles. The number of fused-ring (bicyclic) bond motifs is 5. The first-order valence-electron chi connectivity index (χ1n) is 12.1. The molecule has 1 aliphatic heterocycles. The molecule has 0 bridgehead atoms. The number of rotatable bonds is 5. The number of phenolic OH excluding ortho intramolecular Hbond substituents is 1. The van der Waals surface area contributed by atoms with Gasteiger partial charge in [-0.2, -0.15) is 0 Å². The average molecular weight is 436 g/mol. The lowest BCUT2D eigenvalue weighted by atomic mass is 9.86. The van der Waals surface area contributed by atoms with E-state index in [0.717, 1.165) is 18.9 Å². The lowest BCUT2D eigenvalue weighted by Crippen LogP contribution is -2.33. The van der Waals surface area contributed by atoms with E-state index in [1.165, 1.54) is 70.9 Å². The first kappa shape index (κ1) is 20.3. The number of hydrogen-bond acceptors (Lipinski definition) is 3. The zero-order chi connectivity index (χ0) is 22.2. The monoisotopic (exact) mass is 435 g/mol. The molecule has 3 heteroatoms. The zero-order valence-corrected chi connectivity index (χ0v) is 18.8. The Morgan fingerprint density at radius 3 is 2.45 bits per heavy atom. The number of piperidine rings is 1. The topological polar surface area (TPSA) is 32.7 Å². The summed E-state index contributed by atoms with van der Waals surface area (Å²) in [6, 6.07) is 27.3. The van der Waals surface area contributed by atoms with Crippen LogP contribution >= 0.6 is 0 Å². The molecule has 1 saturated heterocycles. The summed E-state index contributed by atoms with van der Waals surface area (Å²) >= 11 is 0. The van der Waals surface area contributed by atoms with Crippen LogP contribution in [0.25, 0.3) is 21.9 Å². The first-order valence-corrected chi connectivity index (χ1v) is 12.1. The van der Waals surface area contributed by atoms with E-state index in [9.17, 15) is 5.11 Å². The van der Waals surface area contributed by atoms with Crippen LogP contribution in [0.15, 0.2) is 78.9 Å². The smallest absolute Gasteiger partial charge is 0.119 e. The van der Waals surface area contributed by atoms with Crippen LogP contribution in [-0.2, 0) is 0 Å². The van der Waals surface area contributed by atoms with E-state index in [0.29, 0.717) is 5.75 Å². The summed E-state index contributed by atoms with van der Waals surface area (Å²) in [7, 11) is 0. The Labute approximate surface area is 195 Å². The third-order valence-corrected chi connectivity index (χ3v) is 7.23. The highest BCUT2D eigenvalue weighted by molar-refractivity contribution is 5.97. The van der Waals surface area contributed by atoms with Gasteiger partial charge in [0.1, 0.15) is 18.1 Å². The zero-order valence-electron chi connectivity index (χ0n) is 18.8. The van der Waals surface area contributed by atoms with Crippen molar-refractivity contribution in [3.8, 4) is 22.6 Å². The minimum absolute atomic E-state index is 0.0931. The number of aromatic hydroxyl groups is 1. The molecule has 6 rings (SSSR count). The Morgan fingerprint density at radius 1 is 0.818 bits per heavy atom. The second kappa shape index (κ2) is 8.57. The molecule has 33 heavy (non-hydrogen) atoms. The standard InChI is InChI=1S/C30H29NO2/c32-23-11-15-26-27-14-10-21-6-2-3-7-25(21)30(27)29(28(26)20-23)22-8-12-24(13-9-22)33-19-18-31-16-4-1-5-17-31/h2-3,6-15,20,29,32H,1,4-5,16-19H2. The van der Waals surface area contributed by atoms with E-state index >= 15 is 0 Å². The summed E-state index contributed by atoms with van der Waals surface area (Å²) in [5.41, 5.74) is 6.18. The Hall–Kier alpha value is -3.30. The van der Waals surface area contributed by atoms with Gasteiger partial charge in [0, 0.05) is 12.5 Å². The summed E-state index contributed by atoms with van der Waals surface area (Å²) in [6.45, 7) is 4.12. The molecule has 1 atom stereocenters. The van der Waals surface area contributed by atoms with Crippen LogP contribution in [0.4, 0.5) is 0 Å². The van der Waals surface area contributed by atoms with Crippen LogP contribution in [0.1, 0.15) is 41.9 Å². The van der Waals surface area contributed by atoms with Crippen molar-refractivity contribution < 1.29 is 9.84 Å². The fourth-order valence-electron chi connectivity index (χ4n) is 5.61. The number of ether oxygens (including phenoxy) is 1. The van der Waals surface area contributed by atoms with Gasteiger partial charge in [0.2, 0.25) is 0 Å². The second-order valence-corrected chi connectivity index (χ2v) is 9.27. The molecule has 1 heterocycles. The number of likely N-dealkylation sites (tertiary alicyclic amines) is 1. The van der Waals surface area contributed by atoms with E-state index in [2.05, 4.69) is 71.6 Å². The fourth-order valence-corrected chi connectivity index (χ4v) is 5.61. The number of hydrogen-bond donors (Lipinski definition) is 1. The molecule has 0 amide bonds. The van der Waals surface area contributed by atoms with Gasteiger partial charge in [0.05, 0.1) is 0 Å². The Balaban J connectivity index is 1.31. The average Bonchev–Trinajstić information content (AvgIpc) is 3.19. The Bertz CT molecular complexity index is 1290. The highest BCUT2D eigenvalue weighted by Crippen LogP contribution is 2.51. The van der Waals surface area contributed by atoms with Gasteiger partial charge in [-0.25, -0.2) is 0 Å². The largest absolute Gasteiger partial charge is 0.508 e. The van der Waals surface area contributed by atoms with E-state index < -0.39 is 0 Å². The summed E-state index contributed by atoms with van der Waals surface area (Å²) in [6.07, 6.45) is 3.98. The minimum atomic E-state index is 0.0931. The number of phenols is 1. The Morgan fingerprint density at radius 2 is 1.61 bits per heavy atom. The molecule has 166 valence electrons. The summed E-state index contributed by atoms with van der Waals surface area (Å²) in [5.74, 6) is 1.33. The normalized spacial score (nSPS) is 17.6. The molecule has 0 spiro atoms. The van der Waals surface area contributed by atoms with Crippen molar-refractivity contribution in [2.24, 2.45) is 0 Å². The predicted octanol–water partition coefficient (Wildman–Crippen LogP) is 6.57. The van der Waals surface area contributed by atoms with Gasteiger partial charge < -0.3 is 9.84 Å². The van der Waals surface area contributed by atoms with Crippen LogP contribution in [-0.4, -0.2) is 36.2 Å². The van der Waals surface area contributed by atoms with Crippen LogP contribution in [0.5, 0.6) is 11.5 Å². The van der Waals surface area contributed by atoms with Gasteiger partial charge in [-0.05, 0) is 88.8 Å². The SMILES string of the molecule is Oc1ccc2c(c1)C(c1ccc(OCCN3CCCCC3)cc1)c1c-2ccc2ccccc12. The molecule has 0 saturated carbocycles. The molecule has 1 aliphatic carbocycles. The highest BCUT2D eigenvalue weighted by atomic mass is 16.5. The van der Waals surface area contributed by atoms with E-state index in [4.69, 9.17) is 4.74 Å². The first-order chi connectivity index (χ1) is 16.3. The summed E-state index contributed by atoms with van der Waals surface area (Å²) in [5, 5.41) is 12.8. The third-order valence-electron chi connectivity index (χ3n) is 7.23. The molecular formula is C30H29NO2. The maximum absolute atomic E-state index is 10.3. The molecule has 0 aromatic heterocycles. The Kier molecular flexibility index (Phi) is 5.27. The number of benzene rings is 4. The van der Waals surface area contributed by atoms with Gasteiger partial charge in [-0.15, -0.1) is 0 Å². The van der Waals surface area contributed by atoms with Crippen molar-refractivity contribution in [1.82, 2.24) is 4.90 Å². The van der Waals surface area contributed by atoms with Gasteiger partial charge in [-0.3, -0.25) is 4.90 Å².